The lowest BCUT2D eigenvalue weighted by Gasteiger charge is -2.39. The second kappa shape index (κ2) is 8.71. The van der Waals surface area contributed by atoms with E-state index in [1.807, 2.05) is 36.6 Å². The molecule has 6 nitrogen and oxygen atoms in total. The lowest BCUT2D eigenvalue weighted by Crippen LogP contribution is -2.59. The molecule has 0 bridgehead atoms. The van der Waals surface area contributed by atoms with E-state index in [0.717, 1.165) is 5.56 Å². The topological polar surface area (TPSA) is 75.4 Å². The van der Waals surface area contributed by atoms with Crippen molar-refractivity contribution in [2.45, 2.75) is 12.1 Å². The first kappa shape index (κ1) is 20.2. The predicted molar refractivity (Wildman–Crippen MR) is 112 cm³/mol. The van der Waals surface area contributed by atoms with Gasteiger partial charge in [-0.2, -0.15) is 11.8 Å². The van der Waals surface area contributed by atoms with Crippen LogP contribution in [0.5, 0.6) is 0 Å². The molecule has 2 aromatic carbocycles. The third-order valence-corrected chi connectivity index (χ3v) is 5.67. The zero-order valence-corrected chi connectivity index (χ0v) is 17.1. The Bertz CT molecular complexity index is 1040. The van der Waals surface area contributed by atoms with Crippen LogP contribution in [0.15, 0.2) is 65.2 Å². The number of nitrogens with zero attached hydrogens (tertiary/aromatic N) is 2. The van der Waals surface area contributed by atoms with Crippen LogP contribution in [0, 0.1) is 5.82 Å². The van der Waals surface area contributed by atoms with E-state index >= 15 is 0 Å². The van der Waals surface area contributed by atoms with E-state index in [2.05, 4.69) is 10.5 Å². The first-order valence-corrected chi connectivity index (χ1v) is 10.8. The summed E-state index contributed by atoms with van der Waals surface area (Å²) in [6, 6.07) is 15.9. The van der Waals surface area contributed by atoms with Crippen molar-refractivity contribution < 1.29 is 18.5 Å². The number of hydrogen-bond donors (Lipinski definition) is 1. The minimum Gasteiger partial charge on any atom is -0.355 e. The van der Waals surface area contributed by atoms with Crippen LogP contribution in [-0.4, -0.2) is 46.5 Å². The van der Waals surface area contributed by atoms with Gasteiger partial charge in [0.05, 0.1) is 6.04 Å². The molecule has 1 aliphatic rings. The molecule has 0 aliphatic carbocycles. The highest BCUT2D eigenvalue weighted by atomic mass is 32.2. The summed E-state index contributed by atoms with van der Waals surface area (Å²) in [5.74, 6) is -0.0922. The zero-order valence-electron chi connectivity index (χ0n) is 16.2. The monoisotopic (exact) mass is 425 g/mol. The van der Waals surface area contributed by atoms with Gasteiger partial charge >= 0.3 is 0 Å². The zero-order chi connectivity index (χ0) is 21.1. The lowest BCUT2D eigenvalue weighted by molar-refractivity contribution is -0.128. The molecule has 0 saturated carbocycles. The number of nitrogens with one attached hydrogen (secondary N) is 1. The van der Waals surface area contributed by atoms with Crippen LogP contribution in [0.1, 0.15) is 22.1 Å². The van der Waals surface area contributed by atoms with E-state index in [1.54, 1.807) is 17.0 Å². The number of amides is 2. The van der Waals surface area contributed by atoms with Crippen molar-refractivity contribution in [1.29, 1.82) is 0 Å². The quantitative estimate of drug-likeness (QED) is 0.677. The predicted octanol–water partition coefficient (Wildman–Crippen LogP) is 3.53. The SMILES string of the molecule is CSC[C@H]1C(=O)N[C@@H](c2ccccc2)CN1C(=O)c1cc(-c2ccc(F)cc2)on1. The van der Waals surface area contributed by atoms with Gasteiger partial charge in [-0.3, -0.25) is 9.59 Å². The minimum absolute atomic E-state index is 0.113. The Morgan fingerprint density at radius 1 is 1.23 bits per heavy atom. The van der Waals surface area contributed by atoms with Crippen molar-refractivity contribution in [2.24, 2.45) is 0 Å². The summed E-state index contributed by atoms with van der Waals surface area (Å²) in [6.45, 7) is 0.332. The van der Waals surface area contributed by atoms with E-state index in [1.165, 1.54) is 30.0 Å². The Morgan fingerprint density at radius 2 is 1.97 bits per heavy atom. The molecule has 2 amide bonds. The highest BCUT2D eigenvalue weighted by Crippen LogP contribution is 2.26. The van der Waals surface area contributed by atoms with Gasteiger partial charge in [-0.05, 0) is 36.1 Å². The molecule has 3 aromatic rings. The number of halogens is 1. The molecule has 0 unspecified atom stereocenters. The van der Waals surface area contributed by atoms with Crippen molar-refractivity contribution in [2.75, 3.05) is 18.6 Å². The standard InChI is InChI=1S/C22H20FN3O3S/c1-30-13-19-21(27)24-18(14-5-3-2-4-6-14)12-26(19)22(28)17-11-20(29-25-17)15-7-9-16(23)10-8-15/h2-11,18-19H,12-13H2,1H3,(H,24,27)/t18-,19+/m1/s1. The van der Waals surface area contributed by atoms with E-state index < -0.39 is 6.04 Å². The smallest absolute Gasteiger partial charge is 0.276 e. The Balaban J connectivity index is 1.61. The van der Waals surface area contributed by atoms with Crippen LogP contribution in [0.4, 0.5) is 4.39 Å². The molecule has 0 radical (unpaired) electrons. The molecule has 4 rings (SSSR count). The van der Waals surface area contributed by atoms with Gasteiger partial charge in [0, 0.05) is 23.9 Å². The summed E-state index contributed by atoms with van der Waals surface area (Å²) < 4.78 is 18.5. The van der Waals surface area contributed by atoms with Crippen molar-refractivity contribution in [3.05, 3.63) is 77.7 Å². The summed E-state index contributed by atoms with van der Waals surface area (Å²) in [7, 11) is 0. The van der Waals surface area contributed by atoms with Gasteiger partial charge in [-0.15, -0.1) is 0 Å². The molecule has 2 atom stereocenters. The van der Waals surface area contributed by atoms with Crippen LogP contribution in [0.25, 0.3) is 11.3 Å². The third kappa shape index (κ3) is 4.09. The molecule has 1 N–H and O–H groups in total. The number of thioether (sulfide) groups is 1. The summed E-state index contributed by atoms with van der Waals surface area (Å²) in [4.78, 5) is 27.6. The van der Waals surface area contributed by atoms with Gasteiger partial charge in [0.1, 0.15) is 11.9 Å². The highest BCUT2D eigenvalue weighted by molar-refractivity contribution is 7.98. The average Bonchev–Trinajstić information content (AvgIpc) is 3.26. The van der Waals surface area contributed by atoms with Crippen LogP contribution >= 0.6 is 11.8 Å². The van der Waals surface area contributed by atoms with Crippen molar-refractivity contribution in [3.63, 3.8) is 0 Å². The lowest BCUT2D eigenvalue weighted by atomic mass is 10.0. The fraction of sp³-hybridized carbons (Fsp3) is 0.227. The average molecular weight is 425 g/mol. The number of aromatic nitrogens is 1. The number of hydrogen-bond acceptors (Lipinski definition) is 5. The Hall–Kier alpha value is -3.13. The normalized spacial score (nSPS) is 18.9. The molecule has 30 heavy (non-hydrogen) atoms. The van der Waals surface area contributed by atoms with E-state index in [4.69, 9.17) is 4.52 Å². The summed E-state index contributed by atoms with van der Waals surface area (Å²) in [5.41, 5.74) is 1.66. The minimum atomic E-state index is -0.599. The van der Waals surface area contributed by atoms with Gasteiger partial charge in [0.2, 0.25) is 5.91 Å². The number of rotatable bonds is 5. The molecule has 1 fully saturated rings. The maximum Gasteiger partial charge on any atom is 0.276 e. The van der Waals surface area contributed by atoms with E-state index in [-0.39, 0.29) is 29.4 Å². The molecule has 2 heterocycles. The van der Waals surface area contributed by atoms with Crippen molar-refractivity contribution >= 4 is 23.6 Å². The van der Waals surface area contributed by atoms with Gasteiger partial charge in [-0.1, -0.05) is 35.5 Å². The second-order valence-electron chi connectivity index (χ2n) is 6.98. The van der Waals surface area contributed by atoms with Crippen LogP contribution < -0.4 is 5.32 Å². The van der Waals surface area contributed by atoms with Gasteiger partial charge in [-0.25, -0.2) is 4.39 Å². The van der Waals surface area contributed by atoms with Crippen LogP contribution in [0.2, 0.25) is 0 Å². The van der Waals surface area contributed by atoms with Gasteiger partial charge < -0.3 is 14.7 Å². The maximum absolute atomic E-state index is 13.3. The third-order valence-electron chi connectivity index (χ3n) is 5.02. The molecule has 8 heteroatoms. The maximum atomic E-state index is 13.3. The largest absolute Gasteiger partial charge is 0.355 e. The fourth-order valence-electron chi connectivity index (χ4n) is 3.47. The molecular weight excluding hydrogens is 405 g/mol. The summed E-state index contributed by atoms with van der Waals surface area (Å²) >= 11 is 1.49. The Morgan fingerprint density at radius 3 is 2.67 bits per heavy atom. The first-order valence-electron chi connectivity index (χ1n) is 9.44. The van der Waals surface area contributed by atoms with Gasteiger partial charge in [0.15, 0.2) is 11.5 Å². The second-order valence-corrected chi connectivity index (χ2v) is 7.89. The molecule has 0 spiro atoms. The summed E-state index contributed by atoms with van der Waals surface area (Å²) in [6.07, 6.45) is 1.89. The first-order chi connectivity index (χ1) is 14.6. The molecule has 1 aliphatic heterocycles. The number of benzene rings is 2. The van der Waals surface area contributed by atoms with E-state index in [9.17, 15) is 14.0 Å². The number of carbonyl (C=O) groups is 2. The Kier molecular flexibility index (Phi) is 5.85. The van der Waals surface area contributed by atoms with Crippen molar-refractivity contribution in [3.8, 4) is 11.3 Å². The van der Waals surface area contributed by atoms with Gasteiger partial charge in [0.25, 0.3) is 5.91 Å². The molecule has 154 valence electrons. The molecule has 1 aromatic heterocycles. The Labute approximate surface area is 177 Å². The van der Waals surface area contributed by atoms with Crippen LogP contribution in [-0.2, 0) is 4.79 Å². The fourth-order valence-corrected chi connectivity index (χ4v) is 4.12. The highest BCUT2D eigenvalue weighted by Gasteiger charge is 2.38. The molecular formula is C22H20FN3O3S. The van der Waals surface area contributed by atoms with Crippen LogP contribution in [0.3, 0.4) is 0 Å². The number of piperazine rings is 1. The molecule has 1 saturated heterocycles. The van der Waals surface area contributed by atoms with E-state index in [0.29, 0.717) is 23.6 Å². The van der Waals surface area contributed by atoms with Crippen molar-refractivity contribution in [1.82, 2.24) is 15.4 Å². The number of carbonyl (C=O) groups excluding carboxylic acids is 2. The summed E-state index contributed by atoms with van der Waals surface area (Å²) in [5, 5.41) is 6.92.